The van der Waals surface area contributed by atoms with Crippen LogP contribution in [0.15, 0.2) is 65.7 Å². The molecule has 0 radical (unpaired) electrons. The maximum absolute atomic E-state index is 14.4. The molecule has 0 atom stereocenters. The first kappa shape index (κ1) is 18.4. The van der Waals surface area contributed by atoms with Crippen molar-refractivity contribution in [3.05, 3.63) is 98.3 Å². The third-order valence-electron chi connectivity index (χ3n) is 4.13. The summed E-state index contributed by atoms with van der Waals surface area (Å²) >= 11 is 1.41. The van der Waals surface area contributed by atoms with Crippen molar-refractivity contribution in [2.45, 2.75) is 6.92 Å². The maximum Gasteiger partial charge on any atom is 0.272 e. The number of rotatable bonds is 4. The summed E-state index contributed by atoms with van der Waals surface area (Å²) in [5.41, 5.74) is 2.72. The van der Waals surface area contributed by atoms with E-state index in [4.69, 9.17) is 5.26 Å². The lowest BCUT2D eigenvalue weighted by Gasteiger charge is -2.23. The van der Waals surface area contributed by atoms with E-state index < -0.39 is 10.7 Å². The third kappa shape index (κ3) is 3.61. The Balaban J connectivity index is 1.96. The van der Waals surface area contributed by atoms with E-state index in [0.29, 0.717) is 22.4 Å². The molecule has 0 spiro atoms. The summed E-state index contributed by atoms with van der Waals surface area (Å²) in [7, 11) is 0. The second kappa shape index (κ2) is 7.48. The number of hydrogen-bond donors (Lipinski definition) is 0. The molecule has 0 unspecified atom stereocenters. The summed E-state index contributed by atoms with van der Waals surface area (Å²) < 4.78 is 14.4. The van der Waals surface area contributed by atoms with Crippen molar-refractivity contribution in [3.63, 3.8) is 0 Å². The van der Waals surface area contributed by atoms with Gasteiger partial charge in [-0.3, -0.25) is 10.1 Å². The molecule has 134 valence electrons. The Labute approximate surface area is 159 Å². The fourth-order valence-corrected chi connectivity index (χ4v) is 3.56. The fourth-order valence-electron chi connectivity index (χ4n) is 2.67. The summed E-state index contributed by atoms with van der Waals surface area (Å²) in [6.45, 7) is 5.87. The smallest absolute Gasteiger partial charge is 0.272 e. The van der Waals surface area contributed by atoms with Gasteiger partial charge in [-0.15, -0.1) is 0 Å². The van der Waals surface area contributed by atoms with Gasteiger partial charge in [-0.25, -0.2) is 4.39 Å². The molecule has 0 fully saturated rings. The van der Waals surface area contributed by atoms with Gasteiger partial charge in [0.1, 0.15) is 5.82 Å². The Hall–Kier alpha value is -3.37. The lowest BCUT2D eigenvalue weighted by atomic mass is 10.1. The Morgan fingerprint density at radius 1 is 1.30 bits per heavy atom. The fraction of sp³-hybridized carbons (Fsp3) is 0.0500. The average Bonchev–Trinajstić information content (AvgIpc) is 3.16. The van der Waals surface area contributed by atoms with E-state index >= 15 is 0 Å². The normalized spacial score (nSPS) is 14.8. The van der Waals surface area contributed by atoms with Crippen LogP contribution >= 0.6 is 11.8 Å². The topological polar surface area (TPSA) is 70.2 Å². The first-order valence-electron chi connectivity index (χ1n) is 7.89. The van der Waals surface area contributed by atoms with Crippen LogP contribution in [0.4, 0.5) is 10.1 Å². The van der Waals surface area contributed by atoms with Gasteiger partial charge in [-0.2, -0.15) is 5.26 Å². The lowest BCUT2D eigenvalue weighted by Crippen LogP contribution is -2.11. The minimum Gasteiger partial charge on any atom is -0.311 e. The van der Waals surface area contributed by atoms with Crippen molar-refractivity contribution in [2.24, 2.45) is 0 Å². The van der Waals surface area contributed by atoms with Crippen LogP contribution in [0.1, 0.15) is 23.6 Å². The van der Waals surface area contributed by atoms with Crippen LogP contribution in [0.25, 0.3) is 11.3 Å². The number of nitro benzene ring substituents is 1. The zero-order valence-electron chi connectivity index (χ0n) is 14.3. The number of benzene rings is 2. The summed E-state index contributed by atoms with van der Waals surface area (Å²) in [5.74, 6) is -0.648. The molecule has 2 aromatic carbocycles. The minimum absolute atomic E-state index is 0.287. The number of nitriles is 1. The first-order chi connectivity index (χ1) is 12.9. The second-order valence-corrected chi connectivity index (χ2v) is 6.65. The number of hydrogen-bond acceptors (Lipinski definition) is 5. The molecule has 1 aliphatic rings. The van der Waals surface area contributed by atoms with Crippen molar-refractivity contribution >= 4 is 28.7 Å². The number of allylic oxidation sites excluding steroid dienone is 1. The number of nitrogens with zero attached hydrogens (tertiary/aromatic N) is 3. The minimum atomic E-state index is -0.648. The molecule has 0 aromatic heterocycles. The lowest BCUT2D eigenvalue weighted by molar-refractivity contribution is -0.385. The second-order valence-electron chi connectivity index (χ2n) is 5.76. The number of nitro groups is 1. The molecule has 0 bridgehead atoms. The summed E-state index contributed by atoms with van der Waals surface area (Å²) in [5, 5.41) is 22.3. The molecule has 1 heterocycles. The van der Waals surface area contributed by atoms with Gasteiger partial charge in [0.05, 0.1) is 27.7 Å². The maximum atomic E-state index is 14.4. The van der Waals surface area contributed by atoms with Crippen LogP contribution in [-0.2, 0) is 0 Å². The average molecular weight is 379 g/mol. The number of thioether (sulfide) groups is 1. The van der Waals surface area contributed by atoms with E-state index in [1.807, 2.05) is 16.5 Å². The van der Waals surface area contributed by atoms with Crippen LogP contribution in [0.2, 0.25) is 0 Å². The molecule has 2 aromatic rings. The van der Waals surface area contributed by atoms with E-state index in [1.165, 1.54) is 23.9 Å². The highest BCUT2D eigenvalue weighted by Crippen LogP contribution is 2.40. The van der Waals surface area contributed by atoms with Crippen molar-refractivity contribution in [1.82, 2.24) is 4.90 Å². The largest absolute Gasteiger partial charge is 0.311 e. The van der Waals surface area contributed by atoms with Crippen LogP contribution in [-0.4, -0.2) is 9.82 Å². The number of non-ortho nitro benzene ring substituents is 1. The summed E-state index contributed by atoms with van der Waals surface area (Å²) in [4.78, 5) is 12.0. The quantitative estimate of drug-likeness (QED) is 0.519. The van der Waals surface area contributed by atoms with Crippen LogP contribution in [0.5, 0.6) is 0 Å². The predicted octanol–water partition coefficient (Wildman–Crippen LogP) is 5.48. The van der Waals surface area contributed by atoms with Crippen LogP contribution < -0.4 is 0 Å². The van der Waals surface area contributed by atoms with Gasteiger partial charge in [0.2, 0.25) is 0 Å². The van der Waals surface area contributed by atoms with Crippen molar-refractivity contribution in [2.75, 3.05) is 0 Å². The molecule has 0 saturated heterocycles. The monoisotopic (exact) mass is 379 g/mol. The standard InChI is InChI=1S/C20H14FN3O2S/c1-13(18-8-7-17(24(25)26)11-19(18)21)20-23(9-10-27-20)14(2)16-5-3-15(12-22)4-6-16/h3-11H,2H2,1H3/b20-13-. The Bertz CT molecular complexity index is 1040. The molecule has 0 saturated carbocycles. The molecule has 27 heavy (non-hydrogen) atoms. The van der Waals surface area contributed by atoms with E-state index in [0.717, 1.165) is 16.7 Å². The van der Waals surface area contributed by atoms with Gasteiger partial charge in [-0.1, -0.05) is 30.5 Å². The molecule has 0 aliphatic carbocycles. The van der Waals surface area contributed by atoms with E-state index in [9.17, 15) is 14.5 Å². The first-order valence-corrected chi connectivity index (χ1v) is 8.77. The highest BCUT2D eigenvalue weighted by molar-refractivity contribution is 8.06. The van der Waals surface area contributed by atoms with Crippen LogP contribution in [0, 0.1) is 27.3 Å². The highest BCUT2D eigenvalue weighted by Gasteiger charge is 2.22. The van der Waals surface area contributed by atoms with Gasteiger partial charge in [0.15, 0.2) is 0 Å². The van der Waals surface area contributed by atoms with Gasteiger partial charge in [0.25, 0.3) is 5.69 Å². The van der Waals surface area contributed by atoms with E-state index in [1.54, 1.807) is 31.2 Å². The van der Waals surface area contributed by atoms with Crippen molar-refractivity contribution in [3.8, 4) is 6.07 Å². The molecule has 7 heteroatoms. The molecule has 5 nitrogen and oxygen atoms in total. The third-order valence-corrected chi connectivity index (χ3v) is 5.12. The number of halogens is 1. The van der Waals surface area contributed by atoms with E-state index in [2.05, 4.69) is 12.6 Å². The Morgan fingerprint density at radius 3 is 2.59 bits per heavy atom. The Kier molecular flexibility index (Phi) is 5.10. The highest BCUT2D eigenvalue weighted by atomic mass is 32.2. The van der Waals surface area contributed by atoms with Crippen molar-refractivity contribution < 1.29 is 9.31 Å². The predicted molar refractivity (Wildman–Crippen MR) is 104 cm³/mol. The van der Waals surface area contributed by atoms with Crippen LogP contribution in [0.3, 0.4) is 0 Å². The molecular weight excluding hydrogens is 365 g/mol. The molecule has 0 N–H and O–H groups in total. The molecule has 3 rings (SSSR count). The van der Waals surface area contributed by atoms with Gasteiger partial charge >= 0.3 is 0 Å². The van der Waals surface area contributed by atoms with Gasteiger partial charge < -0.3 is 4.90 Å². The summed E-state index contributed by atoms with van der Waals surface area (Å²) in [6, 6.07) is 12.7. The molecular formula is C20H14FN3O2S. The SMILES string of the molecule is C=C(c1ccc(C#N)cc1)N1C=CS/C1=C(/C)c1ccc([N+](=O)[O-])cc1F. The molecule has 0 amide bonds. The molecule has 1 aliphatic heterocycles. The van der Waals surface area contributed by atoms with Crippen molar-refractivity contribution in [1.29, 1.82) is 5.26 Å². The zero-order chi connectivity index (χ0) is 19.6. The van der Waals surface area contributed by atoms with Gasteiger partial charge in [0, 0.05) is 23.5 Å². The van der Waals surface area contributed by atoms with Gasteiger partial charge in [-0.05, 0) is 41.7 Å². The Morgan fingerprint density at radius 2 is 2.00 bits per heavy atom. The van der Waals surface area contributed by atoms with E-state index in [-0.39, 0.29) is 5.69 Å². The zero-order valence-corrected chi connectivity index (χ0v) is 15.2. The summed E-state index contributed by atoms with van der Waals surface area (Å²) in [6.07, 6.45) is 1.83.